The fraction of sp³-hybridized carbons (Fsp3) is 0.217. The molecular formula is C23H22N2O5. The Balaban J connectivity index is 2.12. The molecule has 0 bridgehead atoms. The zero-order chi connectivity index (χ0) is 21.8. The average Bonchev–Trinajstić information content (AvgIpc) is 2.71. The first-order chi connectivity index (χ1) is 14.3. The minimum Gasteiger partial charge on any atom is -0.462 e. The molecule has 2 aromatic carbocycles. The first-order valence-corrected chi connectivity index (χ1v) is 9.44. The number of ketones is 1. The third-order valence-corrected chi connectivity index (χ3v) is 4.81. The summed E-state index contributed by atoms with van der Waals surface area (Å²) in [6.07, 6.45) is 1.65. The standard InChI is InChI=1S/C23H22N2O5/c1-14(11-12-30-16(3)26)13-25-20(15(2)22(28)24-23(25)29)21(27)19-10-6-8-17-7-4-5-9-18(17)19/h4-11H,12-13H2,1-3H3,(H,24,28,29)/b14-11+. The molecule has 0 unspecified atom stereocenters. The molecule has 0 aliphatic heterocycles. The number of carbonyl (C=O) groups is 2. The topological polar surface area (TPSA) is 98.2 Å². The maximum Gasteiger partial charge on any atom is 0.329 e. The number of fused-ring (bicyclic) bond motifs is 1. The number of esters is 1. The van der Waals surface area contributed by atoms with Gasteiger partial charge in [-0.15, -0.1) is 0 Å². The molecule has 0 atom stereocenters. The molecule has 0 radical (unpaired) electrons. The van der Waals surface area contributed by atoms with Crippen molar-refractivity contribution in [3.8, 4) is 0 Å². The summed E-state index contributed by atoms with van der Waals surface area (Å²) >= 11 is 0. The van der Waals surface area contributed by atoms with Crippen LogP contribution in [0.15, 0.2) is 63.7 Å². The summed E-state index contributed by atoms with van der Waals surface area (Å²) in [6, 6.07) is 12.8. The summed E-state index contributed by atoms with van der Waals surface area (Å²) < 4.78 is 6.14. The normalized spacial score (nSPS) is 11.5. The minimum absolute atomic E-state index is 0.0420. The number of hydrogen-bond donors (Lipinski definition) is 1. The number of rotatable bonds is 6. The van der Waals surface area contributed by atoms with Crippen molar-refractivity contribution >= 4 is 22.5 Å². The molecule has 1 heterocycles. The van der Waals surface area contributed by atoms with Crippen LogP contribution in [0.4, 0.5) is 0 Å². The van der Waals surface area contributed by atoms with Gasteiger partial charge in [0.15, 0.2) is 0 Å². The lowest BCUT2D eigenvalue weighted by molar-refractivity contribution is -0.139. The average molecular weight is 406 g/mol. The van der Waals surface area contributed by atoms with E-state index in [1.165, 1.54) is 18.4 Å². The van der Waals surface area contributed by atoms with Gasteiger partial charge in [-0.3, -0.25) is 23.9 Å². The zero-order valence-electron chi connectivity index (χ0n) is 17.0. The highest BCUT2D eigenvalue weighted by molar-refractivity contribution is 6.16. The smallest absolute Gasteiger partial charge is 0.329 e. The van der Waals surface area contributed by atoms with Gasteiger partial charge in [0.1, 0.15) is 12.3 Å². The molecule has 7 nitrogen and oxygen atoms in total. The van der Waals surface area contributed by atoms with Crippen LogP contribution in [-0.2, 0) is 16.1 Å². The largest absolute Gasteiger partial charge is 0.462 e. The van der Waals surface area contributed by atoms with E-state index in [2.05, 4.69) is 4.98 Å². The van der Waals surface area contributed by atoms with E-state index in [-0.39, 0.29) is 24.4 Å². The van der Waals surface area contributed by atoms with Gasteiger partial charge in [-0.2, -0.15) is 0 Å². The summed E-state index contributed by atoms with van der Waals surface area (Å²) in [5, 5.41) is 1.63. The number of ether oxygens (including phenoxy) is 1. The summed E-state index contributed by atoms with van der Waals surface area (Å²) in [6.45, 7) is 4.71. The van der Waals surface area contributed by atoms with Crippen molar-refractivity contribution in [1.82, 2.24) is 9.55 Å². The third kappa shape index (κ3) is 4.30. The minimum atomic E-state index is -0.672. The van der Waals surface area contributed by atoms with Gasteiger partial charge in [-0.05, 0) is 30.7 Å². The van der Waals surface area contributed by atoms with E-state index in [1.54, 1.807) is 25.1 Å². The van der Waals surface area contributed by atoms with Gasteiger partial charge in [-0.1, -0.05) is 48.0 Å². The maximum absolute atomic E-state index is 13.5. The van der Waals surface area contributed by atoms with Crippen molar-refractivity contribution < 1.29 is 14.3 Å². The highest BCUT2D eigenvalue weighted by Gasteiger charge is 2.21. The van der Waals surface area contributed by atoms with Crippen molar-refractivity contribution in [2.45, 2.75) is 27.3 Å². The van der Waals surface area contributed by atoms with Gasteiger partial charge < -0.3 is 4.74 Å². The fourth-order valence-electron chi connectivity index (χ4n) is 3.28. The molecule has 0 fully saturated rings. The third-order valence-electron chi connectivity index (χ3n) is 4.81. The van der Waals surface area contributed by atoms with Gasteiger partial charge in [0.05, 0.1) is 0 Å². The first-order valence-electron chi connectivity index (χ1n) is 9.44. The second-order valence-electron chi connectivity index (χ2n) is 7.03. The maximum atomic E-state index is 13.5. The molecule has 0 aliphatic carbocycles. The quantitative estimate of drug-likeness (QED) is 0.386. The lowest BCUT2D eigenvalue weighted by Gasteiger charge is -2.15. The Kier molecular flexibility index (Phi) is 6.11. The molecule has 7 heteroatoms. The number of nitrogens with one attached hydrogen (secondary N) is 1. The van der Waals surface area contributed by atoms with E-state index in [1.807, 2.05) is 30.3 Å². The number of benzene rings is 2. The Morgan fingerprint density at radius 1 is 1.07 bits per heavy atom. The van der Waals surface area contributed by atoms with Crippen molar-refractivity contribution in [2.24, 2.45) is 0 Å². The molecule has 3 aromatic rings. The summed E-state index contributed by atoms with van der Waals surface area (Å²) in [5.74, 6) is -0.816. The monoisotopic (exact) mass is 406 g/mol. The van der Waals surface area contributed by atoms with Crippen LogP contribution in [-0.4, -0.2) is 27.9 Å². The lowest BCUT2D eigenvalue weighted by Crippen LogP contribution is -2.36. The van der Waals surface area contributed by atoms with Crippen LogP contribution < -0.4 is 11.2 Å². The zero-order valence-corrected chi connectivity index (χ0v) is 17.0. The van der Waals surface area contributed by atoms with Gasteiger partial charge in [0.2, 0.25) is 5.78 Å². The molecule has 1 N–H and O–H groups in total. The van der Waals surface area contributed by atoms with Gasteiger partial charge in [0.25, 0.3) is 5.56 Å². The van der Waals surface area contributed by atoms with Crippen LogP contribution in [0.1, 0.15) is 35.5 Å². The van der Waals surface area contributed by atoms with Crippen molar-refractivity contribution in [3.63, 3.8) is 0 Å². The lowest BCUT2D eigenvalue weighted by atomic mass is 9.98. The number of aromatic nitrogens is 2. The van der Waals surface area contributed by atoms with Crippen molar-refractivity contribution in [1.29, 1.82) is 0 Å². The number of nitrogens with zero attached hydrogens (tertiary/aromatic N) is 1. The highest BCUT2D eigenvalue weighted by Crippen LogP contribution is 2.22. The Morgan fingerprint density at radius 3 is 2.50 bits per heavy atom. The summed E-state index contributed by atoms with van der Waals surface area (Å²) in [5.41, 5.74) is 0.0599. The predicted molar refractivity (Wildman–Crippen MR) is 114 cm³/mol. The Labute approximate surface area is 172 Å². The second-order valence-corrected chi connectivity index (χ2v) is 7.03. The molecule has 0 spiro atoms. The van der Waals surface area contributed by atoms with Crippen LogP contribution in [0.25, 0.3) is 10.8 Å². The van der Waals surface area contributed by atoms with Gasteiger partial charge >= 0.3 is 11.7 Å². The number of H-pyrrole nitrogens is 1. The molecule has 30 heavy (non-hydrogen) atoms. The molecule has 3 rings (SSSR count). The van der Waals surface area contributed by atoms with E-state index in [0.717, 1.165) is 10.8 Å². The van der Waals surface area contributed by atoms with E-state index in [4.69, 9.17) is 4.74 Å². The van der Waals surface area contributed by atoms with E-state index in [9.17, 15) is 19.2 Å². The predicted octanol–water partition coefficient (Wildman–Crippen LogP) is 2.74. The van der Waals surface area contributed by atoms with Crippen LogP contribution in [0.5, 0.6) is 0 Å². The van der Waals surface area contributed by atoms with Crippen LogP contribution in [0, 0.1) is 6.92 Å². The Bertz CT molecular complexity index is 1280. The van der Waals surface area contributed by atoms with Gasteiger partial charge in [0, 0.05) is 24.6 Å². The molecule has 154 valence electrons. The molecule has 0 saturated carbocycles. The van der Waals surface area contributed by atoms with Crippen LogP contribution in [0.2, 0.25) is 0 Å². The number of allylic oxidation sites excluding steroid dienone is 1. The molecule has 0 saturated heterocycles. The second kappa shape index (κ2) is 8.73. The molecule has 1 aromatic heterocycles. The number of carbonyl (C=O) groups excluding carboxylic acids is 2. The fourth-order valence-corrected chi connectivity index (χ4v) is 3.28. The Hall–Kier alpha value is -3.74. The van der Waals surface area contributed by atoms with Crippen LogP contribution >= 0.6 is 0 Å². The van der Waals surface area contributed by atoms with Gasteiger partial charge in [-0.25, -0.2) is 4.79 Å². The molecule has 0 aliphatic rings. The summed E-state index contributed by atoms with van der Waals surface area (Å²) in [4.78, 5) is 51.5. The number of aromatic amines is 1. The van der Waals surface area contributed by atoms with Crippen molar-refractivity contribution in [2.75, 3.05) is 6.61 Å². The highest BCUT2D eigenvalue weighted by atomic mass is 16.5. The first kappa shape index (κ1) is 21.0. The SMILES string of the molecule is CC(=O)OC/C=C(\C)Cn1c(C(=O)c2cccc3ccccc23)c(C)c(=O)[nH]c1=O. The molecular weight excluding hydrogens is 384 g/mol. The summed E-state index contributed by atoms with van der Waals surface area (Å²) in [7, 11) is 0. The van der Waals surface area contributed by atoms with Crippen molar-refractivity contribution in [3.05, 3.63) is 91.8 Å². The number of hydrogen-bond acceptors (Lipinski definition) is 5. The Morgan fingerprint density at radius 2 is 1.77 bits per heavy atom. The van der Waals surface area contributed by atoms with E-state index >= 15 is 0 Å². The molecule has 0 amide bonds. The van der Waals surface area contributed by atoms with E-state index < -0.39 is 23.0 Å². The van der Waals surface area contributed by atoms with Crippen LogP contribution in [0.3, 0.4) is 0 Å². The van der Waals surface area contributed by atoms with E-state index in [0.29, 0.717) is 11.1 Å².